The van der Waals surface area contributed by atoms with Gasteiger partial charge in [0.1, 0.15) is 0 Å². The number of hydrogen-bond donors (Lipinski definition) is 2. The van der Waals surface area contributed by atoms with Crippen LogP contribution in [0.4, 0.5) is 11.4 Å². The van der Waals surface area contributed by atoms with E-state index in [1.165, 1.54) is 5.69 Å². The molecule has 0 saturated carbocycles. The predicted octanol–water partition coefficient (Wildman–Crippen LogP) is 4.85. The van der Waals surface area contributed by atoms with Crippen molar-refractivity contribution in [3.05, 3.63) is 72.7 Å². The average Bonchev–Trinajstić information content (AvgIpc) is 3.29. The van der Waals surface area contributed by atoms with Crippen molar-refractivity contribution in [2.24, 2.45) is 0 Å². The van der Waals surface area contributed by atoms with Gasteiger partial charge in [-0.25, -0.2) is 9.50 Å². The largest absolute Gasteiger partial charge is 0.364 e. The number of carbonyl (C=O) groups excluding carboxylic acids is 1. The zero-order chi connectivity index (χ0) is 24.4. The van der Waals surface area contributed by atoms with Crippen LogP contribution >= 0.6 is 0 Å². The molecule has 35 heavy (non-hydrogen) atoms. The quantitative estimate of drug-likeness (QED) is 0.397. The maximum atomic E-state index is 11.1. The zero-order valence-corrected chi connectivity index (χ0v) is 20.3. The highest BCUT2D eigenvalue weighted by atomic mass is 16.1. The van der Waals surface area contributed by atoms with Crippen molar-refractivity contribution < 1.29 is 4.79 Å². The highest BCUT2D eigenvalue weighted by Gasteiger charge is 2.24. The Hall–Kier alpha value is -3.97. The Morgan fingerprint density at radius 3 is 2.49 bits per heavy atom. The summed E-state index contributed by atoms with van der Waals surface area (Å²) in [5.41, 5.74) is 7.67. The molecule has 2 aromatic carbocycles. The summed E-state index contributed by atoms with van der Waals surface area (Å²) < 4.78 is 1.82. The zero-order valence-electron chi connectivity index (χ0n) is 20.3. The van der Waals surface area contributed by atoms with Crippen molar-refractivity contribution in [2.45, 2.75) is 32.9 Å². The molecule has 1 saturated heterocycles. The van der Waals surface area contributed by atoms with Crippen molar-refractivity contribution in [3.63, 3.8) is 0 Å². The van der Waals surface area contributed by atoms with Crippen LogP contribution in [0.2, 0.25) is 0 Å². The van der Waals surface area contributed by atoms with Gasteiger partial charge in [0.15, 0.2) is 5.65 Å². The molecular formula is C28H30N6O. The normalized spacial score (nSPS) is 18.3. The summed E-state index contributed by atoms with van der Waals surface area (Å²) in [4.78, 5) is 18.3. The number of rotatable bonds is 6. The van der Waals surface area contributed by atoms with E-state index in [2.05, 4.69) is 58.7 Å². The second-order valence-electron chi connectivity index (χ2n) is 9.01. The molecule has 2 atom stereocenters. The van der Waals surface area contributed by atoms with E-state index in [1.54, 1.807) is 0 Å². The van der Waals surface area contributed by atoms with E-state index in [9.17, 15) is 4.79 Å². The second kappa shape index (κ2) is 9.72. The first-order valence-corrected chi connectivity index (χ1v) is 12.0. The van der Waals surface area contributed by atoms with Crippen molar-refractivity contribution in [1.82, 2.24) is 19.9 Å². The number of fused-ring (bicyclic) bond motifs is 1. The first-order chi connectivity index (χ1) is 17.1. The minimum absolute atomic E-state index is 0.456. The molecule has 7 heteroatoms. The summed E-state index contributed by atoms with van der Waals surface area (Å²) in [6.07, 6.45) is 10.4. The van der Waals surface area contributed by atoms with Crippen LogP contribution in [-0.2, 0) is 4.79 Å². The van der Waals surface area contributed by atoms with Crippen molar-refractivity contribution in [1.29, 1.82) is 0 Å². The van der Waals surface area contributed by atoms with E-state index in [4.69, 9.17) is 4.98 Å². The lowest BCUT2D eigenvalue weighted by Gasteiger charge is -2.41. The second-order valence-corrected chi connectivity index (χ2v) is 9.01. The number of nitrogens with zero attached hydrogens (tertiary/aromatic N) is 4. The number of piperazine rings is 1. The molecule has 1 fully saturated rings. The van der Waals surface area contributed by atoms with Gasteiger partial charge in [0, 0.05) is 65.6 Å². The third-order valence-electron chi connectivity index (χ3n) is 6.63. The van der Waals surface area contributed by atoms with Gasteiger partial charge in [-0.3, -0.25) is 4.79 Å². The number of benzene rings is 2. The van der Waals surface area contributed by atoms with Crippen LogP contribution in [-0.4, -0.2) is 46.2 Å². The number of hydrogen-bond acceptors (Lipinski definition) is 5. The Morgan fingerprint density at radius 1 is 1.00 bits per heavy atom. The van der Waals surface area contributed by atoms with E-state index in [0.717, 1.165) is 52.2 Å². The number of nitrogens with one attached hydrogen (secondary N) is 2. The first kappa shape index (κ1) is 22.8. The molecule has 178 valence electrons. The Morgan fingerprint density at radius 2 is 1.77 bits per heavy atom. The van der Waals surface area contributed by atoms with Gasteiger partial charge in [-0.1, -0.05) is 36.4 Å². The van der Waals surface area contributed by atoms with E-state index < -0.39 is 0 Å². The van der Waals surface area contributed by atoms with Crippen LogP contribution in [0.3, 0.4) is 0 Å². The Labute approximate surface area is 205 Å². The van der Waals surface area contributed by atoms with Gasteiger partial charge in [0.2, 0.25) is 6.41 Å². The fourth-order valence-electron chi connectivity index (χ4n) is 5.02. The van der Waals surface area contributed by atoms with Gasteiger partial charge in [-0.15, -0.1) is 0 Å². The molecule has 2 N–H and O–H groups in total. The summed E-state index contributed by atoms with van der Waals surface area (Å²) in [6.45, 7) is 8.47. The summed E-state index contributed by atoms with van der Waals surface area (Å²) in [7, 11) is 0. The van der Waals surface area contributed by atoms with Crippen molar-refractivity contribution in [2.75, 3.05) is 23.3 Å². The minimum atomic E-state index is 0.456. The minimum Gasteiger partial charge on any atom is -0.364 e. The van der Waals surface area contributed by atoms with Crippen LogP contribution in [0.1, 0.15) is 26.3 Å². The molecule has 1 amide bonds. The number of carbonyl (C=O) groups is 1. The predicted molar refractivity (Wildman–Crippen MR) is 143 cm³/mol. The van der Waals surface area contributed by atoms with Gasteiger partial charge in [-0.05, 0) is 50.1 Å². The number of aromatic nitrogens is 3. The monoisotopic (exact) mass is 466 g/mol. The number of allylic oxidation sites excluding steroid dienone is 1. The molecule has 0 radical (unpaired) electrons. The molecule has 4 aromatic rings. The topological polar surface area (TPSA) is 74.6 Å². The van der Waals surface area contributed by atoms with Crippen LogP contribution in [0.5, 0.6) is 0 Å². The number of amides is 1. The molecular weight excluding hydrogens is 436 g/mol. The number of anilines is 2. The van der Waals surface area contributed by atoms with Crippen molar-refractivity contribution >= 4 is 29.5 Å². The van der Waals surface area contributed by atoms with Crippen LogP contribution in [0, 0.1) is 0 Å². The van der Waals surface area contributed by atoms with Gasteiger partial charge in [0.25, 0.3) is 0 Å². The summed E-state index contributed by atoms with van der Waals surface area (Å²) in [6, 6.07) is 15.4. The lowest BCUT2D eigenvalue weighted by atomic mass is 9.99. The smallest absolute Gasteiger partial charge is 0.211 e. The SMILES string of the molecule is C/C=C\c1c(NC=O)cccc1-c1cnn2cc(-c3ccc(N4C(C)CNCC4C)cc3)cnc12. The summed E-state index contributed by atoms with van der Waals surface area (Å²) in [5.74, 6) is 0. The molecule has 0 aliphatic carbocycles. The third kappa shape index (κ3) is 4.31. The van der Waals surface area contributed by atoms with Gasteiger partial charge in [-0.2, -0.15) is 5.10 Å². The molecule has 2 unspecified atom stereocenters. The van der Waals surface area contributed by atoms with E-state index >= 15 is 0 Å². The molecule has 3 heterocycles. The van der Waals surface area contributed by atoms with Crippen LogP contribution < -0.4 is 15.5 Å². The Balaban J connectivity index is 1.48. The summed E-state index contributed by atoms with van der Waals surface area (Å²) >= 11 is 0. The molecule has 2 aromatic heterocycles. The molecule has 1 aliphatic heterocycles. The lowest BCUT2D eigenvalue weighted by Crippen LogP contribution is -2.55. The molecule has 5 rings (SSSR count). The van der Waals surface area contributed by atoms with Gasteiger partial charge in [0.05, 0.1) is 6.20 Å². The van der Waals surface area contributed by atoms with Gasteiger partial charge >= 0.3 is 0 Å². The maximum absolute atomic E-state index is 11.1. The summed E-state index contributed by atoms with van der Waals surface area (Å²) in [5, 5.41) is 10.9. The molecule has 1 aliphatic rings. The Kier molecular flexibility index (Phi) is 6.33. The fraction of sp³-hybridized carbons (Fsp3) is 0.250. The molecule has 0 spiro atoms. The van der Waals surface area contributed by atoms with Crippen LogP contribution in [0.25, 0.3) is 34.0 Å². The molecule has 0 bridgehead atoms. The third-order valence-corrected chi connectivity index (χ3v) is 6.63. The van der Waals surface area contributed by atoms with Crippen molar-refractivity contribution in [3.8, 4) is 22.3 Å². The highest BCUT2D eigenvalue weighted by Crippen LogP contribution is 2.33. The van der Waals surface area contributed by atoms with Crippen LogP contribution in [0.15, 0.2) is 67.1 Å². The average molecular weight is 467 g/mol. The van der Waals surface area contributed by atoms with E-state index in [0.29, 0.717) is 18.5 Å². The first-order valence-electron chi connectivity index (χ1n) is 12.0. The van der Waals surface area contributed by atoms with E-state index in [1.807, 2.05) is 60.4 Å². The maximum Gasteiger partial charge on any atom is 0.211 e. The molecule has 7 nitrogen and oxygen atoms in total. The highest BCUT2D eigenvalue weighted by molar-refractivity contribution is 5.91. The Bertz CT molecular complexity index is 1360. The van der Waals surface area contributed by atoms with E-state index in [-0.39, 0.29) is 0 Å². The lowest BCUT2D eigenvalue weighted by molar-refractivity contribution is -0.105. The standard InChI is InChI=1S/C28H30N6O/c1-4-6-25-24(7-5-8-27(25)31-18-35)26-16-32-33-17-22(15-30-28(26)33)21-9-11-23(12-10-21)34-19(2)13-29-14-20(34)3/h4-12,15-20,29H,13-14H2,1-3H3,(H,31,35)/b6-4-. The van der Waals surface area contributed by atoms with Gasteiger partial charge < -0.3 is 15.5 Å². The fourth-order valence-corrected chi connectivity index (χ4v) is 5.02.